The number of anilines is 3. The molecule has 0 aliphatic heterocycles. The molecular weight excluding hydrogens is 350 g/mol. The molecule has 25 heavy (non-hydrogen) atoms. The number of H-pyrrole nitrogens is 1. The van der Waals surface area contributed by atoms with Crippen molar-refractivity contribution < 1.29 is 26.3 Å². The number of rotatable bonds is 2. The number of nitrogens with zero attached hydrogens (tertiary/aromatic N) is 1. The number of alkyl halides is 6. The van der Waals surface area contributed by atoms with Crippen molar-refractivity contribution in [2.75, 3.05) is 11.1 Å². The maximum Gasteiger partial charge on any atom is 0.418 e. The lowest BCUT2D eigenvalue weighted by Crippen LogP contribution is -2.07. The van der Waals surface area contributed by atoms with Gasteiger partial charge < -0.3 is 16.0 Å². The van der Waals surface area contributed by atoms with Crippen LogP contribution in [0.15, 0.2) is 36.5 Å². The number of aromatic amines is 1. The molecule has 4 nitrogen and oxygen atoms in total. The number of nitrogens with one attached hydrogen (secondary N) is 2. The van der Waals surface area contributed by atoms with Crippen LogP contribution in [-0.4, -0.2) is 9.97 Å². The highest BCUT2D eigenvalue weighted by Gasteiger charge is 2.35. The molecule has 132 valence electrons. The van der Waals surface area contributed by atoms with Crippen LogP contribution in [0.3, 0.4) is 0 Å². The number of hydrogen-bond acceptors (Lipinski definition) is 3. The molecule has 3 rings (SSSR count). The zero-order chi connectivity index (χ0) is 18.4. The molecule has 10 heteroatoms. The summed E-state index contributed by atoms with van der Waals surface area (Å²) >= 11 is 0. The van der Waals surface area contributed by atoms with E-state index < -0.39 is 23.5 Å². The van der Waals surface area contributed by atoms with Crippen LogP contribution in [0.1, 0.15) is 11.1 Å². The summed E-state index contributed by atoms with van der Waals surface area (Å²) in [7, 11) is 0. The van der Waals surface area contributed by atoms with Crippen LogP contribution in [0.5, 0.6) is 0 Å². The number of nitrogens with two attached hydrogens (primary N) is 1. The van der Waals surface area contributed by atoms with E-state index in [1.807, 2.05) is 0 Å². The first-order valence-electron chi connectivity index (χ1n) is 6.85. The average molecular weight is 360 g/mol. The highest BCUT2D eigenvalue weighted by Crippen LogP contribution is 2.39. The third-order valence-electron chi connectivity index (χ3n) is 3.44. The van der Waals surface area contributed by atoms with Crippen LogP contribution in [-0.2, 0) is 12.4 Å². The Morgan fingerprint density at radius 1 is 1.00 bits per heavy atom. The Balaban J connectivity index is 2.12. The minimum atomic E-state index is -4.67. The van der Waals surface area contributed by atoms with Crippen molar-refractivity contribution in [2.45, 2.75) is 12.4 Å². The molecule has 0 fully saturated rings. The van der Waals surface area contributed by atoms with E-state index in [2.05, 4.69) is 15.3 Å². The number of benzene rings is 1. The van der Waals surface area contributed by atoms with Crippen molar-refractivity contribution in [3.8, 4) is 0 Å². The lowest BCUT2D eigenvalue weighted by Gasteiger charge is -2.13. The van der Waals surface area contributed by atoms with E-state index in [0.29, 0.717) is 0 Å². The molecule has 4 N–H and O–H groups in total. The van der Waals surface area contributed by atoms with E-state index in [0.717, 1.165) is 30.5 Å². The quantitative estimate of drug-likeness (QED) is 0.568. The molecule has 0 bridgehead atoms. The molecule has 1 aromatic carbocycles. The smallest absolute Gasteiger partial charge is 0.384 e. The van der Waals surface area contributed by atoms with Gasteiger partial charge in [0.15, 0.2) is 0 Å². The Morgan fingerprint density at radius 3 is 2.36 bits per heavy atom. The van der Waals surface area contributed by atoms with Crippen molar-refractivity contribution in [1.29, 1.82) is 0 Å². The molecule has 0 unspecified atom stereocenters. The molecule has 0 atom stereocenters. The average Bonchev–Trinajstić information content (AvgIpc) is 2.90. The highest BCUT2D eigenvalue weighted by molar-refractivity contribution is 5.96. The maximum absolute atomic E-state index is 13.1. The van der Waals surface area contributed by atoms with Crippen LogP contribution in [0.2, 0.25) is 0 Å². The normalized spacial score (nSPS) is 12.6. The molecule has 0 aliphatic carbocycles. The zero-order valence-electron chi connectivity index (χ0n) is 12.3. The van der Waals surface area contributed by atoms with Gasteiger partial charge in [-0.15, -0.1) is 0 Å². The lowest BCUT2D eigenvalue weighted by atomic mass is 10.1. The SMILES string of the molecule is Nc1cc(Nc2cccc(C(F)(F)F)c2)c2c(C(F)(F)F)c[nH]c2n1. The van der Waals surface area contributed by atoms with Crippen LogP contribution < -0.4 is 11.1 Å². The Morgan fingerprint density at radius 2 is 1.72 bits per heavy atom. The second-order valence-corrected chi connectivity index (χ2v) is 5.22. The Labute approximate surface area is 136 Å². The molecule has 2 aromatic heterocycles. The molecule has 0 amide bonds. The first kappa shape index (κ1) is 16.9. The third-order valence-corrected chi connectivity index (χ3v) is 3.44. The van der Waals surface area contributed by atoms with Crippen LogP contribution in [0.4, 0.5) is 43.5 Å². The summed E-state index contributed by atoms with van der Waals surface area (Å²) in [5.74, 6) is -0.0856. The van der Waals surface area contributed by atoms with Gasteiger partial charge in [-0.3, -0.25) is 0 Å². The number of fused-ring (bicyclic) bond motifs is 1. The van der Waals surface area contributed by atoms with E-state index >= 15 is 0 Å². The third kappa shape index (κ3) is 3.32. The molecule has 0 saturated carbocycles. The summed E-state index contributed by atoms with van der Waals surface area (Å²) in [6.07, 6.45) is -8.51. The van der Waals surface area contributed by atoms with Crippen LogP contribution in [0.25, 0.3) is 11.0 Å². The summed E-state index contributed by atoms with van der Waals surface area (Å²) in [6, 6.07) is 5.24. The van der Waals surface area contributed by atoms with E-state index in [4.69, 9.17) is 5.73 Å². The fourth-order valence-electron chi connectivity index (χ4n) is 2.41. The van der Waals surface area contributed by atoms with Gasteiger partial charge in [-0.1, -0.05) is 6.07 Å². The number of pyridine rings is 1. The van der Waals surface area contributed by atoms with Gasteiger partial charge in [0.25, 0.3) is 0 Å². The standard InChI is InChI=1S/C15H10F6N4/c16-14(17,18)7-2-1-3-8(4-7)24-10-5-11(22)25-13-12(10)9(6-23-13)15(19,20)21/h1-6H,(H4,22,23,24,25). The Kier molecular flexibility index (Phi) is 3.77. The summed E-state index contributed by atoms with van der Waals surface area (Å²) in [4.78, 5) is 6.14. The van der Waals surface area contributed by atoms with Gasteiger partial charge >= 0.3 is 12.4 Å². The molecule has 0 spiro atoms. The summed E-state index contributed by atoms with van der Waals surface area (Å²) < 4.78 is 77.8. The molecule has 3 aromatic rings. The molecule has 2 heterocycles. The lowest BCUT2D eigenvalue weighted by molar-refractivity contribution is -0.137. The minimum Gasteiger partial charge on any atom is -0.384 e. The van der Waals surface area contributed by atoms with Gasteiger partial charge in [0, 0.05) is 18.0 Å². The van der Waals surface area contributed by atoms with E-state index in [1.165, 1.54) is 6.07 Å². The summed E-state index contributed by atoms with van der Waals surface area (Å²) in [5, 5.41) is 2.25. The van der Waals surface area contributed by atoms with Crippen LogP contribution in [0, 0.1) is 0 Å². The number of halogens is 6. The number of nitrogen functional groups attached to an aromatic ring is 1. The first-order chi connectivity index (χ1) is 11.6. The van der Waals surface area contributed by atoms with E-state index in [-0.39, 0.29) is 28.2 Å². The molecular formula is C15H10F6N4. The largest absolute Gasteiger partial charge is 0.418 e. The van der Waals surface area contributed by atoms with Gasteiger partial charge in [-0.2, -0.15) is 26.3 Å². The van der Waals surface area contributed by atoms with Gasteiger partial charge in [-0.25, -0.2) is 4.98 Å². The van der Waals surface area contributed by atoms with Crippen LogP contribution >= 0.6 is 0 Å². The Hall–Kier alpha value is -2.91. The second kappa shape index (κ2) is 5.57. The molecule has 0 saturated heterocycles. The predicted molar refractivity (Wildman–Crippen MR) is 80.2 cm³/mol. The van der Waals surface area contributed by atoms with Crippen molar-refractivity contribution >= 4 is 28.2 Å². The first-order valence-corrected chi connectivity index (χ1v) is 6.85. The maximum atomic E-state index is 13.1. The van der Waals surface area contributed by atoms with Crippen molar-refractivity contribution in [1.82, 2.24) is 9.97 Å². The predicted octanol–water partition coefficient (Wildman–Crippen LogP) is 4.93. The van der Waals surface area contributed by atoms with E-state index in [9.17, 15) is 26.3 Å². The minimum absolute atomic E-state index is 0.0314. The zero-order valence-corrected chi connectivity index (χ0v) is 12.3. The molecule has 0 aliphatic rings. The summed E-state index contributed by atoms with van der Waals surface area (Å²) in [6.45, 7) is 0. The molecule has 0 radical (unpaired) electrons. The van der Waals surface area contributed by atoms with Gasteiger partial charge in [-0.05, 0) is 18.2 Å². The summed E-state index contributed by atoms with van der Waals surface area (Å²) in [5.41, 5.74) is 3.38. The van der Waals surface area contributed by atoms with Gasteiger partial charge in [0.1, 0.15) is 11.5 Å². The van der Waals surface area contributed by atoms with Gasteiger partial charge in [0.2, 0.25) is 0 Å². The van der Waals surface area contributed by atoms with Gasteiger partial charge in [0.05, 0.1) is 22.2 Å². The topological polar surface area (TPSA) is 66.7 Å². The number of aromatic nitrogens is 2. The second-order valence-electron chi connectivity index (χ2n) is 5.22. The van der Waals surface area contributed by atoms with Crippen molar-refractivity contribution in [2.24, 2.45) is 0 Å². The fourth-order valence-corrected chi connectivity index (χ4v) is 2.41. The van der Waals surface area contributed by atoms with Crippen molar-refractivity contribution in [3.05, 3.63) is 47.7 Å². The van der Waals surface area contributed by atoms with E-state index in [1.54, 1.807) is 0 Å². The Bertz CT molecular complexity index is 926. The number of hydrogen-bond donors (Lipinski definition) is 3. The fraction of sp³-hybridized carbons (Fsp3) is 0.133. The highest BCUT2D eigenvalue weighted by atomic mass is 19.4. The van der Waals surface area contributed by atoms with Crippen molar-refractivity contribution in [3.63, 3.8) is 0 Å². The monoisotopic (exact) mass is 360 g/mol.